The first kappa shape index (κ1) is 15.9. The minimum atomic E-state index is -0.933. The third-order valence-electron chi connectivity index (χ3n) is 4.47. The fourth-order valence-corrected chi connectivity index (χ4v) is 3.19. The van der Waals surface area contributed by atoms with Gasteiger partial charge in [-0.3, -0.25) is 9.59 Å². The predicted molar refractivity (Wildman–Crippen MR) is 80.8 cm³/mol. The van der Waals surface area contributed by atoms with Crippen molar-refractivity contribution in [3.63, 3.8) is 0 Å². The summed E-state index contributed by atoms with van der Waals surface area (Å²) in [5.41, 5.74) is 0.551. The summed E-state index contributed by atoms with van der Waals surface area (Å²) in [5, 5.41) is 15.4. The molecule has 6 nitrogen and oxygen atoms in total. The summed E-state index contributed by atoms with van der Waals surface area (Å²) in [6.07, 6.45) is -0.448. The van der Waals surface area contributed by atoms with E-state index in [0.717, 1.165) is 0 Å². The smallest absolute Gasteiger partial charge is 0.248 e. The van der Waals surface area contributed by atoms with Gasteiger partial charge in [-0.1, -0.05) is 18.2 Å². The van der Waals surface area contributed by atoms with Crippen LogP contribution in [0.2, 0.25) is 0 Å². The fraction of sp³-hybridized carbons (Fsp3) is 0.500. The van der Waals surface area contributed by atoms with E-state index in [9.17, 15) is 19.1 Å². The number of benzene rings is 1. The Bertz CT molecular complexity index is 622. The third kappa shape index (κ3) is 3.07. The average Bonchev–Trinajstić information content (AvgIpc) is 2.95. The van der Waals surface area contributed by atoms with Gasteiger partial charge >= 0.3 is 0 Å². The van der Waals surface area contributed by atoms with Crippen molar-refractivity contribution in [2.24, 2.45) is 0 Å². The first-order valence-electron chi connectivity index (χ1n) is 7.73. The number of carbonyl (C=O) groups is 2. The molecule has 0 bridgehead atoms. The lowest BCUT2D eigenvalue weighted by Gasteiger charge is -2.35. The monoisotopic (exact) mass is 321 g/mol. The molecule has 0 aromatic heterocycles. The zero-order valence-corrected chi connectivity index (χ0v) is 12.8. The normalized spacial score (nSPS) is 28.5. The van der Waals surface area contributed by atoms with Gasteiger partial charge < -0.3 is 20.6 Å². The molecule has 3 rings (SSSR count). The number of hydrogen-bond acceptors (Lipinski definition) is 4. The van der Waals surface area contributed by atoms with E-state index in [-0.39, 0.29) is 23.7 Å². The summed E-state index contributed by atoms with van der Waals surface area (Å²) >= 11 is 0. The molecule has 2 amide bonds. The van der Waals surface area contributed by atoms with Crippen LogP contribution >= 0.6 is 0 Å². The average molecular weight is 321 g/mol. The zero-order chi connectivity index (χ0) is 16.6. The Kier molecular flexibility index (Phi) is 4.32. The van der Waals surface area contributed by atoms with Gasteiger partial charge in [0.25, 0.3) is 0 Å². The van der Waals surface area contributed by atoms with Crippen LogP contribution in [0.15, 0.2) is 24.3 Å². The van der Waals surface area contributed by atoms with Gasteiger partial charge in [-0.05, 0) is 19.4 Å². The fourth-order valence-electron chi connectivity index (χ4n) is 3.19. The minimum absolute atomic E-state index is 0.0814. The summed E-state index contributed by atoms with van der Waals surface area (Å²) < 4.78 is 13.6. The standard InChI is InChI=1S/C16H20FN3O3/c1-9(21)14-16(23)20-8-11(6-13(20)15(22)19-14)18-7-10-4-2-3-5-12(10)17/h2-5,9,11,13-14,18,21H,6-8H2,1H3,(H,19,22)/t9-,11-,13-,14+/m0/s1. The second kappa shape index (κ2) is 6.25. The van der Waals surface area contributed by atoms with Gasteiger partial charge in [-0.25, -0.2) is 4.39 Å². The zero-order valence-electron chi connectivity index (χ0n) is 12.8. The number of aliphatic hydroxyl groups excluding tert-OH is 1. The Labute approximate surface area is 133 Å². The van der Waals surface area contributed by atoms with Gasteiger partial charge in [0.2, 0.25) is 11.8 Å². The van der Waals surface area contributed by atoms with Crippen LogP contribution in [-0.4, -0.2) is 52.6 Å². The Morgan fingerprint density at radius 3 is 2.87 bits per heavy atom. The van der Waals surface area contributed by atoms with E-state index >= 15 is 0 Å². The van der Waals surface area contributed by atoms with Crippen LogP contribution < -0.4 is 10.6 Å². The molecule has 2 aliphatic heterocycles. The van der Waals surface area contributed by atoms with Crippen LogP contribution in [0.3, 0.4) is 0 Å². The van der Waals surface area contributed by atoms with Crippen LogP contribution in [-0.2, 0) is 16.1 Å². The molecule has 2 fully saturated rings. The van der Waals surface area contributed by atoms with Crippen molar-refractivity contribution in [3.8, 4) is 0 Å². The van der Waals surface area contributed by atoms with Gasteiger partial charge in [0.15, 0.2) is 0 Å². The number of halogens is 1. The summed E-state index contributed by atoms with van der Waals surface area (Å²) in [7, 11) is 0. The molecule has 0 saturated carbocycles. The second-order valence-electron chi connectivity index (χ2n) is 6.14. The number of fused-ring (bicyclic) bond motifs is 1. The molecule has 23 heavy (non-hydrogen) atoms. The lowest BCUT2D eigenvalue weighted by molar-refractivity contribution is -0.149. The van der Waals surface area contributed by atoms with Crippen LogP contribution in [0.5, 0.6) is 0 Å². The molecule has 124 valence electrons. The molecule has 2 aliphatic rings. The number of aliphatic hydroxyl groups is 1. The van der Waals surface area contributed by atoms with E-state index in [1.807, 2.05) is 0 Å². The maximum absolute atomic E-state index is 13.6. The summed E-state index contributed by atoms with van der Waals surface area (Å²) in [6.45, 7) is 2.20. The van der Waals surface area contributed by atoms with Crippen molar-refractivity contribution >= 4 is 11.8 Å². The van der Waals surface area contributed by atoms with Crippen LogP contribution in [0.1, 0.15) is 18.9 Å². The highest BCUT2D eigenvalue weighted by atomic mass is 19.1. The Balaban J connectivity index is 1.64. The highest BCUT2D eigenvalue weighted by Crippen LogP contribution is 2.24. The highest BCUT2D eigenvalue weighted by molar-refractivity contribution is 5.97. The Morgan fingerprint density at radius 2 is 2.17 bits per heavy atom. The first-order chi connectivity index (χ1) is 11.0. The maximum atomic E-state index is 13.6. The van der Waals surface area contributed by atoms with Gasteiger partial charge in [0, 0.05) is 24.7 Å². The van der Waals surface area contributed by atoms with Crippen molar-refractivity contribution < 1.29 is 19.1 Å². The van der Waals surface area contributed by atoms with Crippen LogP contribution in [0, 0.1) is 5.82 Å². The predicted octanol–water partition coefficient (Wildman–Crippen LogP) is -0.236. The third-order valence-corrected chi connectivity index (χ3v) is 4.47. The Hall–Kier alpha value is -1.99. The van der Waals surface area contributed by atoms with E-state index in [1.54, 1.807) is 18.2 Å². The lowest BCUT2D eigenvalue weighted by atomic mass is 10.0. The van der Waals surface area contributed by atoms with Gasteiger partial charge in [-0.15, -0.1) is 0 Å². The number of nitrogens with zero attached hydrogens (tertiary/aromatic N) is 1. The number of amides is 2. The van der Waals surface area contributed by atoms with Crippen LogP contribution in [0.4, 0.5) is 4.39 Å². The first-order valence-corrected chi connectivity index (χ1v) is 7.73. The number of rotatable bonds is 4. The maximum Gasteiger partial charge on any atom is 0.248 e. The molecule has 0 aliphatic carbocycles. The summed E-state index contributed by atoms with van der Waals surface area (Å²) in [4.78, 5) is 25.9. The van der Waals surface area contributed by atoms with Crippen LogP contribution in [0.25, 0.3) is 0 Å². The van der Waals surface area contributed by atoms with Gasteiger partial charge in [0.1, 0.15) is 17.9 Å². The van der Waals surface area contributed by atoms with Gasteiger partial charge in [-0.2, -0.15) is 0 Å². The second-order valence-corrected chi connectivity index (χ2v) is 6.14. The highest BCUT2D eigenvalue weighted by Gasteiger charge is 2.47. The van der Waals surface area contributed by atoms with Crippen molar-refractivity contribution in [1.82, 2.24) is 15.5 Å². The molecule has 0 radical (unpaired) electrons. The molecular formula is C16H20FN3O3. The molecule has 4 atom stereocenters. The molecule has 1 aromatic carbocycles. The summed E-state index contributed by atoms with van der Waals surface area (Å²) in [6, 6.07) is 5.02. The van der Waals surface area contributed by atoms with Crippen molar-refractivity contribution in [2.45, 2.75) is 44.1 Å². The lowest BCUT2D eigenvalue weighted by Crippen LogP contribution is -2.64. The summed E-state index contributed by atoms with van der Waals surface area (Å²) in [5.74, 6) is -0.788. The van der Waals surface area contributed by atoms with E-state index in [2.05, 4.69) is 10.6 Å². The topological polar surface area (TPSA) is 81.7 Å². The minimum Gasteiger partial charge on any atom is -0.391 e. The molecule has 1 aromatic rings. The van der Waals surface area contributed by atoms with E-state index < -0.39 is 18.2 Å². The van der Waals surface area contributed by atoms with Gasteiger partial charge in [0.05, 0.1) is 6.10 Å². The van der Waals surface area contributed by atoms with E-state index in [1.165, 1.54) is 17.9 Å². The molecule has 2 heterocycles. The molecular weight excluding hydrogens is 301 g/mol. The molecule has 3 N–H and O–H groups in total. The van der Waals surface area contributed by atoms with Crippen molar-refractivity contribution in [2.75, 3.05) is 6.54 Å². The molecule has 7 heteroatoms. The number of hydrogen-bond donors (Lipinski definition) is 3. The number of nitrogens with one attached hydrogen (secondary N) is 2. The molecule has 0 unspecified atom stereocenters. The van der Waals surface area contributed by atoms with Crippen molar-refractivity contribution in [1.29, 1.82) is 0 Å². The Morgan fingerprint density at radius 1 is 1.43 bits per heavy atom. The van der Waals surface area contributed by atoms with E-state index in [4.69, 9.17) is 0 Å². The van der Waals surface area contributed by atoms with Crippen molar-refractivity contribution in [3.05, 3.63) is 35.6 Å². The molecule has 2 saturated heterocycles. The molecule has 0 spiro atoms. The SMILES string of the molecule is C[C@H](O)[C@H]1NC(=O)[C@@H]2C[C@H](NCc3ccccc3F)CN2C1=O. The number of carbonyl (C=O) groups excluding carboxylic acids is 2. The van der Waals surface area contributed by atoms with E-state index in [0.29, 0.717) is 25.1 Å². The quantitative estimate of drug-likeness (QED) is 0.715. The number of piperazine rings is 1. The largest absolute Gasteiger partial charge is 0.391 e.